The molecule has 0 unspecified atom stereocenters. The smallest absolute Gasteiger partial charge is 0.417 e. The van der Waals surface area contributed by atoms with Crippen molar-refractivity contribution in [1.29, 1.82) is 0 Å². The van der Waals surface area contributed by atoms with E-state index >= 15 is 0 Å². The van der Waals surface area contributed by atoms with Crippen LogP contribution in [-0.4, -0.2) is 24.9 Å². The van der Waals surface area contributed by atoms with Gasteiger partial charge in [-0.05, 0) is 61.5 Å². The third kappa shape index (κ3) is 18.5. The molecule has 0 atom stereocenters. The summed E-state index contributed by atoms with van der Waals surface area (Å²) in [5.74, 6) is 1.17. The largest absolute Gasteiger partial charge is 0.508 e. The van der Waals surface area contributed by atoms with Crippen LogP contribution in [-0.2, 0) is 0 Å². The SMILES string of the molecule is CCCCCCCCCCCCCCCCCCN.COc1ccc(NC(=O)Oc2ccc(O)cc2)cc1. The van der Waals surface area contributed by atoms with Gasteiger partial charge in [-0.25, -0.2) is 4.79 Å². The lowest BCUT2D eigenvalue weighted by Gasteiger charge is -2.07. The van der Waals surface area contributed by atoms with Crippen LogP contribution in [0.25, 0.3) is 0 Å². The van der Waals surface area contributed by atoms with Crippen LogP contribution in [0.2, 0.25) is 0 Å². The molecule has 0 aliphatic rings. The summed E-state index contributed by atoms with van der Waals surface area (Å²) in [4.78, 5) is 11.6. The monoisotopic (exact) mass is 528 g/mol. The predicted octanol–water partition coefficient (Wildman–Crippen LogP) is 9.22. The van der Waals surface area contributed by atoms with E-state index in [0.717, 1.165) is 6.54 Å². The molecule has 2 aromatic rings. The van der Waals surface area contributed by atoms with E-state index < -0.39 is 6.09 Å². The highest BCUT2D eigenvalue weighted by Gasteiger charge is 2.05. The highest BCUT2D eigenvalue weighted by Crippen LogP contribution is 2.18. The van der Waals surface area contributed by atoms with Gasteiger partial charge in [0.2, 0.25) is 0 Å². The molecule has 0 spiro atoms. The average Bonchev–Trinajstić information content (AvgIpc) is 2.93. The minimum Gasteiger partial charge on any atom is -0.508 e. The van der Waals surface area contributed by atoms with Gasteiger partial charge in [-0.1, -0.05) is 103 Å². The zero-order valence-electron chi connectivity index (χ0n) is 23.9. The maximum absolute atomic E-state index is 11.6. The van der Waals surface area contributed by atoms with E-state index in [1.54, 1.807) is 31.4 Å². The molecule has 1 amide bonds. The van der Waals surface area contributed by atoms with Crippen molar-refractivity contribution < 1.29 is 19.4 Å². The molecule has 0 aliphatic carbocycles. The molecule has 0 aromatic heterocycles. The van der Waals surface area contributed by atoms with E-state index in [9.17, 15) is 4.79 Å². The number of nitrogens with two attached hydrogens (primary N) is 1. The Balaban J connectivity index is 0.000000380. The van der Waals surface area contributed by atoms with Gasteiger partial charge in [0.1, 0.15) is 17.2 Å². The number of unbranched alkanes of at least 4 members (excludes halogenated alkanes) is 15. The normalized spacial score (nSPS) is 10.4. The van der Waals surface area contributed by atoms with Crippen molar-refractivity contribution in [1.82, 2.24) is 0 Å². The molecule has 0 saturated carbocycles. The second-order valence-electron chi connectivity index (χ2n) is 9.83. The fourth-order valence-electron chi connectivity index (χ4n) is 4.13. The first kappa shape index (κ1) is 33.3. The van der Waals surface area contributed by atoms with Gasteiger partial charge in [0.05, 0.1) is 7.11 Å². The zero-order valence-corrected chi connectivity index (χ0v) is 23.9. The fourth-order valence-corrected chi connectivity index (χ4v) is 4.13. The topological polar surface area (TPSA) is 93.8 Å². The Morgan fingerprint density at radius 3 is 1.53 bits per heavy atom. The molecule has 0 radical (unpaired) electrons. The van der Waals surface area contributed by atoms with Crippen LogP contribution in [0.4, 0.5) is 10.5 Å². The first-order chi connectivity index (χ1) is 18.6. The summed E-state index contributed by atoms with van der Waals surface area (Å²) in [6.07, 6.45) is 22.3. The maximum Gasteiger partial charge on any atom is 0.417 e. The molecule has 2 rings (SSSR count). The quantitative estimate of drug-likeness (QED) is 0.158. The number of ether oxygens (including phenoxy) is 2. The Bertz CT molecular complexity index is 793. The molecule has 214 valence electrons. The van der Waals surface area contributed by atoms with Gasteiger partial charge in [-0.15, -0.1) is 0 Å². The summed E-state index contributed by atoms with van der Waals surface area (Å²) in [5.41, 5.74) is 6.08. The zero-order chi connectivity index (χ0) is 27.7. The highest BCUT2D eigenvalue weighted by molar-refractivity contribution is 5.86. The molecule has 38 heavy (non-hydrogen) atoms. The van der Waals surface area contributed by atoms with E-state index in [1.165, 1.54) is 127 Å². The van der Waals surface area contributed by atoms with Gasteiger partial charge >= 0.3 is 6.09 Å². The summed E-state index contributed by atoms with van der Waals surface area (Å²) in [6.45, 7) is 3.16. The molecule has 6 nitrogen and oxygen atoms in total. The van der Waals surface area contributed by atoms with Crippen LogP contribution in [0.15, 0.2) is 48.5 Å². The van der Waals surface area contributed by atoms with Crippen LogP contribution in [0.3, 0.4) is 0 Å². The molecular weight excluding hydrogens is 476 g/mol. The van der Waals surface area contributed by atoms with E-state index in [-0.39, 0.29) is 5.75 Å². The molecule has 4 N–H and O–H groups in total. The van der Waals surface area contributed by atoms with E-state index in [2.05, 4.69) is 12.2 Å². The number of nitrogens with one attached hydrogen (secondary N) is 1. The van der Waals surface area contributed by atoms with Crippen molar-refractivity contribution in [2.75, 3.05) is 19.0 Å². The molecule has 0 saturated heterocycles. The summed E-state index contributed by atoms with van der Waals surface area (Å²) in [7, 11) is 1.57. The van der Waals surface area contributed by atoms with E-state index in [0.29, 0.717) is 17.2 Å². The third-order valence-corrected chi connectivity index (χ3v) is 6.44. The Kier molecular flexibility index (Phi) is 20.5. The predicted molar refractivity (Wildman–Crippen MR) is 159 cm³/mol. The number of anilines is 1. The Morgan fingerprint density at radius 1 is 0.684 bits per heavy atom. The molecule has 0 heterocycles. The number of methoxy groups -OCH3 is 1. The lowest BCUT2D eigenvalue weighted by molar-refractivity contribution is 0.215. The van der Waals surface area contributed by atoms with E-state index in [4.69, 9.17) is 20.3 Å². The van der Waals surface area contributed by atoms with Crippen LogP contribution < -0.4 is 20.5 Å². The summed E-state index contributed by atoms with van der Waals surface area (Å²) in [6, 6.07) is 12.8. The van der Waals surface area contributed by atoms with Crippen LogP contribution in [0.1, 0.15) is 110 Å². The number of carbonyl (C=O) groups excluding carboxylic acids is 1. The van der Waals surface area contributed by atoms with Crippen molar-refractivity contribution in [3.05, 3.63) is 48.5 Å². The van der Waals surface area contributed by atoms with Crippen LogP contribution in [0.5, 0.6) is 17.2 Å². The van der Waals surface area contributed by atoms with Gasteiger partial charge < -0.3 is 20.3 Å². The standard InChI is InChI=1S/C18H39N.C14H13NO4/c1-2-3-4-5-6-7-8-9-10-11-12-13-14-15-16-17-18-19;1-18-12-6-2-10(3-7-12)15-14(17)19-13-8-4-11(16)5-9-13/h2-19H2,1H3;2-9,16H,1H3,(H,15,17). The Hall–Kier alpha value is -2.73. The van der Waals surface area contributed by atoms with Crippen molar-refractivity contribution in [3.8, 4) is 17.2 Å². The number of hydrogen-bond acceptors (Lipinski definition) is 5. The lowest BCUT2D eigenvalue weighted by atomic mass is 10.0. The molecule has 0 bridgehead atoms. The highest BCUT2D eigenvalue weighted by atomic mass is 16.6. The van der Waals surface area contributed by atoms with Gasteiger partial charge in [0.25, 0.3) is 0 Å². The number of benzene rings is 2. The van der Waals surface area contributed by atoms with Crippen molar-refractivity contribution in [2.24, 2.45) is 5.73 Å². The van der Waals surface area contributed by atoms with Crippen molar-refractivity contribution >= 4 is 11.8 Å². The minimum atomic E-state index is -0.601. The molecule has 0 aliphatic heterocycles. The lowest BCUT2D eigenvalue weighted by Crippen LogP contribution is -2.16. The molecule has 6 heteroatoms. The number of carbonyl (C=O) groups is 1. The number of hydrogen-bond donors (Lipinski definition) is 3. The second-order valence-corrected chi connectivity index (χ2v) is 9.83. The molecule has 2 aromatic carbocycles. The number of aromatic hydroxyl groups is 1. The number of amides is 1. The van der Waals surface area contributed by atoms with Crippen molar-refractivity contribution in [2.45, 2.75) is 110 Å². The summed E-state index contributed by atoms with van der Waals surface area (Å²) < 4.78 is 10.1. The molecule has 0 fully saturated rings. The van der Waals surface area contributed by atoms with Gasteiger partial charge in [-0.2, -0.15) is 0 Å². The Morgan fingerprint density at radius 2 is 1.11 bits per heavy atom. The second kappa shape index (κ2) is 23.4. The van der Waals surface area contributed by atoms with Gasteiger partial charge in [0, 0.05) is 5.69 Å². The van der Waals surface area contributed by atoms with Crippen LogP contribution in [0, 0.1) is 0 Å². The average molecular weight is 529 g/mol. The van der Waals surface area contributed by atoms with E-state index in [1.807, 2.05) is 0 Å². The summed E-state index contributed by atoms with van der Waals surface area (Å²) in [5, 5.41) is 11.7. The van der Waals surface area contributed by atoms with Crippen LogP contribution >= 0.6 is 0 Å². The Labute approximate surface area is 231 Å². The summed E-state index contributed by atoms with van der Waals surface area (Å²) >= 11 is 0. The number of rotatable bonds is 19. The van der Waals surface area contributed by atoms with Gasteiger partial charge in [-0.3, -0.25) is 5.32 Å². The molecular formula is C32H52N2O4. The maximum atomic E-state index is 11.6. The van der Waals surface area contributed by atoms with Crippen molar-refractivity contribution in [3.63, 3.8) is 0 Å². The first-order valence-corrected chi connectivity index (χ1v) is 14.7. The fraction of sp³-hybridized carbons (Fsp3) is 0.594. The third-order valence-electron chi connectivity index (χ3n) is 6.44. The minimum absolute atomic E-state index is 0.114. The number of phenols is 1. The first-order valence-electron chi connectivity index (χ1n) is 14.7. The number of phenolic OH excluding ortho intramolecular Hbond substituents is 1. The van der Waals surface area contributed by atoms with Gasteiger partial charge in [0.15, 0.2) is 0 Å².